The van der Waals surface area contributed by atoms with Gasteiger partial charge >= 0.3 is 0 Å². The Hall–Kier alpha value is -1.65. The molecule has 2 aromatic heterocycles. The van der Waals surface area contributed by atoms with Crippen molar-refractivity contribution in [1.82, 2.24) is 20.4 Å². The van der Waals surface area contributed by atoms with Crippen LogP contribution in [0.4, 0.5) is 0 Å². The van der Waals surface area contributed by atoms with Gasteiger partial charge in [-0.25, -0.2) is 4.98 Å². The first-order chi connectivity index (χ1) is 5.90. The summed E-state index contributed by atoms with van der Waals surface area (Å²) in [6.45, 7) is 1.98. The lowest BCUT2D eigenvalue weighted by molar-refractivity contribution is 0.512. The molecule has 0 fully saturated rings. The van der Waals surface area contributed by atoms with Crippen molar-refractivity contribution in [2.24, 2.45) is 0 Å². The van der Waals surface area contributed by atoms with Crippen LogP contribution in [-0.4, -0.2) is 20.4 Å². The van der Waals surface area contributed by atoms with Gasteiger partial charge in [-0.05, 0) is 0 Å². The molecular weight excluding hydrogens is 156 g/mol. The maximum atomic E-state index is 5.34. The monoisotopic (exact) mass is 164 g/mol. The highest BCUT2D eigenvalue weighted by Crippen LogP contribution is 2.15. The normalized spacial score (nSPS) is 10.4. The number of rotatable bonds is 2. The van der Waals surface area contributed by atoms with E-state index in [9.17, 15) is 0 Å². The van der Waals surface area contributed by atoms with E-state index in [2.05, 4.69) is 20.4 Å². The number of aryl methyl sites for hydroxylation is 1. The Balaban J connectivity index is 2.35. The summed E-state index contributed by atoms with van der Waals surface area (Å²) in [5.74, 6) is 1.37. The molecular formula is C7H8N4O. The molecule has 62 valence electrons. The smallest absolute Gasteiger partial charge is 0.194 e. The largest absolute Gasteiger partial charge is 0.439 e. The van der Waals surface area contributed by atoms with Crippen molar-refractivity contribution in [2.75, 3.05) is 0 Å². The van der Waals surface area contributed by atoms with Crippen LogP contribution in [0.1, 0.15) is 12.8 Å². The van der Waals surface area contributed by atoms with E-state index in [0.717, 1.165) is 6.42 Å². The number of aromatic nitrogens is 4. The van der Waals surface area contributed by atoms with Crippen molar-refractivity contribution >= 4 is 0 Å². The Labute approximate surface area is 68.8 Å². The molecule has 0 aliphatic rings. The zero-order chi connectivity index (χ0) is 8.39. The minimum atomic E-state index is 0.653. The molecule has 0 amide bonds. The molecule has 0 aromatic carbocycles. The van der Waals surface area contributed by atoms with Crippen LogP contribution in [0.5, 0.6) is 0 Å². The van der Waals surface area contributed by atoms with Gasteiger partial charge in [0.25, 0.3) is 0 Å². The van der Waals surface area contributed by atoms with Gasteiger partial charge in [-0.15, -0.1) is 0 Å². The highest BCUT2D eigenvalue weighted by molar-refractivity contribution is 5.47. The summed E-state index contributed by atoms with van der Waals surface area (Å²) < 4.78 is 5.34. The minimum Gasteiger partial charge on any atom is -0.439 e. The van der Waals surface area contributed by atoms with Crippen LogP contribution in [0.2, 0.25) is 0 Å². The lowest BCUT2D eigenvalue weighted by Gasteiger charge is -1.85. The molecule has 1 N–H and O–H groups in total. The fourth-order valence-corrected chi connectivity index (χ4v) is 0.912. The molecule has 0 aliphatic carbocycles. The van der Waals surface area contributed by atoms with Gasteiger partial charge in [-0.2, -0.15) is 15.4 Å². The number of H-pyrrole nitrogens is 1. The molecule has 5 nitrogen and oxygen atoms in total. The summed E-state index contributed by atoms with van der Waals surface area (Å²) in [5.41, 5.74) is 0.683. The second kappa shape index (κ2) is 2.77. The predicted octanol–water partition coefficient (Wildman–Crippen LogP) is 1.02. The Morgan fingerprint density at radius 1 is 1.50 bits per heavy atom. The minimum absolute atomic E-state index is 0.653. The number of hydrogen-bond donors (Lipinski definition) is 1. The van der Waals surface area contributed by atoms with Crippen molar-refractivity contribution in [3.05, 3.63) is 18.3 Å². The first kappa shape index (κ1) is 7.02. The van der Waals surface area contributed by atoms with Gasteiger partial charge in [0.2, 0.25) is 0 Å². The quantitative estimate of drug-likeness (QED) is 0.719. The van der Waals surface area contributed by atoms with E-state index in [1.807, 2.05) is 6.92 Å². The van der Waals surface area contributed by atoms with Gasteiger partial charge in [-0.3, -0.25) is 0 Å². The fourth-order valence-electron chi connectivity index (χ4n) is 0.912. The molecule has 12 heavy (non-hydrogen) atoms. The van der Waals surface area contributed by atoms with E-state index in [1.54, 1.807) is 12.4 Å². The number of nitrogens with one attached hydrogen (secondary N) is 1. The van der Waals surface area contributed by atoms with Crippen LogP contribution >= 0.6 is 0 Å². The molecule has 0 saturated heterocycles. The van der Waals surface area contributed by atoms with E-state index in [-0.39, 0.29) is 0 Å². The molecule has 0 aliphatic heterocycles. The lowest BCUT2D eigenvalue weighted by atomic mass is 10.4. The van der Waals surface area contributed by atoms with Crippen LogP contribution < -0.4 is 0 Å². The summed E-state index contributed by atoms with van der Waals surface area (Å²) in [4.78, 5) is 4.04. The van der Waals surface area contributed by atoms with E-state index < -0.39 is 0 Å². The number of hydrogen-bond acceptors (Lipinski definition) is 4. The standard InChI is InChI=1S/C7H8N4O/c1-2-7-8-4-6(12-7)5-3-9-11-10-5/h3-4H,2H2,1H3,(H,9,10,11). The predicted molar refractivity (Wildman–Crippen MR) is 41.3 cm³/mol. The van der Waals surface area contributed by atoms with Gasteiger partial charge in [0, 0.05) is 6.42 Å². The third-order valence-corrected chi connectivity index (χ3v) is 1.52. The van der Waals surface area contributed by atoms with Gasteiger partial charge in [0.15, 0.2) is 11.7 Å². The maximum absolute atomic E-state index is 5.34. The van der Waals surface area contributed by atoms with Gasteiger partial charge in [-0.1, -0.05) is 6.92 Å². The average molecular weight is 164 g/mol. The fraction of sp³-hybridized carbons (Fsp3) is 0.286. The third kappa shape index (κ3) is 1.09. The summed E-state index contributed by atoms with van der Waals surface area (Å²) in [7, 11) is 0. The topological polar surface area (TPSA) is 67.6 Å². The molecule has 0 spiro atoms. The average Bonchev–Trinajstić information content (AvgIpc) is 2.75. The molecule has 2 aromatic rings. The van der Waals surface area contributed by atoms with Gasteiger partial charge < -0.3 is 4.42 Å². The van der Waals surface area contributed by atoms with E-state index in [1.165, 1.54) is 0 Å². The van der Waals surface area contributed by atoms with E-state index in [4.69, 9.17) is 4.42 Å². The van der Waals surface area contributed by atoms with Crippen molar-refractivity contribution in [2.45, 2.75) is 13.3 Å². The van der Waals surface area contributed by atoms with Gasteiger partial charge in [0.05, 0.1) is 12.4 Å². The number of oxazole rings is 1. The zero-order valence-electron chi connectivity index (χ0n) is 6.61. The van der Waals surface area contributed by atoms with Crippen LogP contribution in [0.15, 0.2) is 16.8 Å². The van der Waals surface area contributed by atoms with Crippen LogP contribution in [0.3, 0.4) is 0 Å². The molecule has 0 unspecified atom stereocenters. The highest BCUT2D eigenvalue weighted by Gasteiger charge is 2.06. The van der Waals surface area contributed by atoms with Crippen molar-refractivity contribution in [1.29, 1.82) is 0 Å². The molecule has 0 atom stereocenters. The first-order valence-corrected chi connectivity index (χ1v) is 3.71. The van der Waals surface area contributed by atoms with Gasteiger partial charge in [0.1, 0.15) is 5.69 Å². The Bertz CT molecular complexity index is 351. The van der Waals surface area contributed by atoms with Crippen molar-refractivity contribution < 1.29 is 4.42 Å². The summed E-state index contributed by atoms with van der Waals surface area (Å²) in [6, 6.07) is 0. The van der Waals surface area contributed by atoms with Crippen molar-refractivity contribution in [3.63, 3.8) is 0 Å². The van der Waals surface area contributed by atoms with Crippen LogP contribution in [-0.2, 0) is 6.42 Å². The second-order valence-corrected chi connectivity index (χ2v) is 2.33. The Morgan fingerprint density at radius 3 is 3.00 bits per heavy atom. The zero-order valence-corrected chi connectivity index (χ0v) is 6.61. The summed E-state index contributed by atoms with van der Waals surface area (Å²) in [5, 5.41) is 10.0. The summed E-state index contributed by atoms with van der Waals surface area (Å²) in [6.07, 6.45) is 4.04. The first-order valence-electron chi connectivity index (χ1n) is 3.71. The number of aromatic amines is 1. The maximum Gasteiger partial charge on any atom is 0.194 e. The van der Waals surface area contributed by atoms with Crippen LogP contribution in [0, 0.1) is 0 Å². The Kier molecular flexibility index (Phi) is 1.62. The third-order valence-electron chi connectivity index (χ3n) is 1.52. The molecule has 2 rings (SSSR count). The second-order valence-electron chi connectivity index (χ2n) is 2.33. The molecule has 0 radical (unpaired) electrons. The van der Waals surface area contributed by atoms with E-state index >= 15 is 0 Å². The summed E-state index contributed by atoms with van der Waals surface area (Å²) >= 11 is 0. The highest BCUT2D eigenvalue weighted by atomic mass is 16.4. The molecule has 2 heterocycles. The van der Waals surface area contributed by atoms with E-state index in [0.29, 0.717) is 17.3 Å². The molecule has 0 bridgehead atoms. The molecule has 0 saturated carbocycles. The molecule has 5 heteroatoms. The van der Waals surface area contributed by atoms with Crippen LogP contribution in [0.25, 0.3) is 11.5 Å². The number of nitrogens with zero attached hydrogens (tertiary/aromatic N) is 3. The van der Waals surface area contributed by atoms with Crippen molar-refractivity contribution in [3.8, 4) is 11.5 Å². The lowest BCUT2D eigenvalue weighted by Crippen LogP contribution is -1.74. The Morgan fingerprint density at radius 2 is 2.42 bits per heavy atom. The SMILES string of the molecule is CCc1ncc(-c2cn[nH]n2)o1.